The van der Waals surface area contributed by atoms with Gasteiger partial charge in [-0.15, -0.1) is 11.3 Å². The molecule has 1 aromatic carbocycles. The number of nitrogens with zero attached hydrogens (tertiary/aromatic N) is 3. The minimum atomic E-state index is 0.0747. The highest BCUT2D eigenvalue weighted by molar-refractivity contribution is 7.13. The summed E-state index contributed by atoms with van der Waals surface area (Å²) in [6.07, 6.45) is 1.09. The predicted octanol–water partition coefficient (Wildman–Crippen LogP) is 2.44. The molecule has 0 saturated carbocycles. The average molecular weight is 373 g/mol. The Labute approximate surface area is 157 Å². The number of piperazine rings is 1. The normalized spacial score (nSPS) is 14.4. The SMILES string of the molecule is COc1ccc(-c2nc(CCC(=O)N3CCN(C(C)=O)CC3)cs2)cc1. The second kappa shape index (κ2) is 8.31. The number of hydrogen-bond donors (Lipinski definition) is 0. The molecule has 0 atom stereocenters. The van der Waals surface area contributed by atoms with E-state index in [2.05, 4.69) is 4.98 Å². The summed E-state index contributed by atoms with van der Waals surface area (Å²) < 4.78 is 5.17. The molecule has 1 fully saturated rings. The Bertz CT molecular complexity index is 765. The van der Waals surface area contributed by atoms with Gasteiger partial charge in [-0.1, -0.05) is 0 Å². The first-order valence-corrected chi connectivity index (χ1v) is 9.57. The lowest BCUT2D eigenvalue weighted by Crippen LogP contribution is -2.50. The summed E-state index contributed by atoms with van der Waals surface area (Å²) in [5.41, 5.74) is 1.99. The third kappa shape index (κ3) is 4.40. The first-order chi connectivity index (χ1) is 12.6. The van der Waals surface area contributed by atoms with Gasteiger partial charge < -0.3 is 14.5 Å². The van der Waals surface area contributed by atoms with Gasteiger partial charge in [-0.25, -0.2) is 4.98 Å². The fraction of sp³-hybridized carbons (Fsp3) is 0.421. The number of carbonyl (C=O) groups excluding carboxylic acids is 2. The van der Waals surface area contributed by atoms with Crippen LogP contribution in [0, 0.1) is 0 Å². The maximum atomic E-state index is 12.4. The zero-order valence-corrected chi connectivity index (χ0v) is 15.9. The standard InChI is InChI=1S/C19H23N3O3S/c1-14(23)21-9-11-22(12-10-21)18(24)8-5-16-13-26-19(20-16)15-3-6-17(25-2)7-4-15/h3-4,6-7,13H,5,8-12H2,1-2H3. The molecule has 6 nitrogen and oxygen atoms in total. The van der Waals surface area contributed by atoms with Crippen molar-refractivity contribution in [1.29, 1.82) is 0 Å². The highest BCUT2D eigenvalue weighted by atomic mass is 32.1. The van der Waals surface area contributed by atoms with Gasteiger partial charge in [0.1, 0.15) is 10.8 Å². The molecule has 1 saturated heterocycles. The van der Waals surface area contributed by atoms with Crippen LogP contribution < -0.4 is 4.74 Å². The van der Waals surface area contributed by atoms with Crippen LogP contribution in [0.2, 0.25) is 0 Å². The first-order valence-electron chi connectivity index (χ1n) is 8.69. The van der Waals surface area contributed by atoms with Gasteiger partial charge in [-0.05, 0) is 30.7 Å². The first kappa shape index (κ1) is 18.4. The minimum absolute atomic E-state index is 0.0747. The summed E-state index contributed by atoms with van der Waals surface area (Å²) in [4.78, 5) is 32.0. The lowest BCUT2D eigenvalue weighted by Gasteiger charge is -2.34. The van der Waals surface area contributed by atoms with Crippen LogP contribution >= 0.6 is 11.3 Å². The molecular weight excluding hydrogens is 350 g/mol. The van der Waals surface area contributed by atoms with Crippen LogP contribution in [-0.2, 0) is 16.0 Å². The van der Waals surface area contributed by atoms with Crippen LogP contribution in [0.5, 0.6) is 5.75 Å². The molecule has 7 heteroatoms. The molecule has 1 aliphatic heterocycles. The van der Waals surface area contributed by atoms with E-state index < -0.39 is 0 Å². The molecule has 0 N–H and O–H groups in total. The molecule has 0 aliphatic carbocycles. The van der Waals surface area contributed by atoms with Crippen molar-refractivity contribution >= 4 is 23.2 Å². The molecule has 1 aromatic heterocycles. The summed E-state index contributed by atoms with van der Waals surface area (Å²) in [6.45, 7) is 4.05. The molecule has 0 bridgehead atoms. The third-order valence-electron chi connectivity index (χ3n) is 4.56. The summed E-state index contributed by atoms with van der Waals surface area (Å²) in [6, 6.07) is 7.81. The van der Waals surface area contributed by atoms with Gasteiger partial charge in [-0.3, -0.25) is 9.59 Å². The molecule has 2 heterocycles. The van der Waals surface area contributed by atoms with E-state index >= 15 is 0 Å². The molecular formula is C19H23N3O3S. The smallest absolute Gasteiger partial charge is 0.223 e. The average Bonchev–Trinajstić information content (AvgIpc) is 3.15. The number of carbonyl (C=O) groups is 2. The number of methoxy groups -OCH3 is 1. The summed E-state index contributed by atoms with van der Waals surface area (Å²) in [5.74, 6) is 1.03. The van der Waals surface area contributed by atoms with E-state index in [0.717, 1.165) is 22.0 Å². The van der Waals surface area contributed by atoms with Gasteiger partial charge in [0.25, 0.3) is 0 Å². The molecule has 0 spiro atoms. The van der Waals surface area contributed by atoms with Crippen LogP contribution in [0.3, 0.4) is 0 Å². The van der Waals surface area contributed by atoms with E-state index in [1.54, 1.807) is 30.3 Å². The second-order valence-corrected chi connectivity index (χ2v) is 7.12. The highest BCUT2D eigenvalue weighted by Crippen LogP contribution is 2.26. The van der Waals surface area contributed by atoms with E-state index in [4.69, 9.17) is 4.74 Å². The number of rotatable bonds is 5. The molecule has 26 heavy (non-hydrogen) atoms. The number of ether oxygens (including phenoxy) is 1. The van der Waals surface area contributed by atoms with Crippen LogP contribution in [0.4, 0.5) is 0 Å². The van der Waals surface area contributed by atoms with Crippen molar-refractivity contribution in [3.8, 4) is 16.3 Å². The quantitative estimate of drug-likeness (QED) is 0.808. The van der Waals surface area contributed by atoms with E-state index in [1.165, 1.54) is 0 Å². The van der Waals surface area contributed by atoms with Crippen molar-refractivity contribution in [2.45, 2.75) is 19.8 Å². The topological polar surface area (TPSA) is 62.7 Å². The molecule has 2 amide bonds. The fourth-order valence-electron chi connectivity index (χ4n) is 2.95. The Hall–Kier alpha value is -2.41. The fourth-order valence-corrected chi connectivity index (χ4v) is 3.81. The Morgan fingerprint density at radius 1 is 1.12 bits per heavy atom. The molecule has 1 aliphatic rings. The van der Waals surface area contributed by atoms with Gasteiger partial charge >= 0.3 is 0 Å². The van der Waals surface area contributed by atoms with Gasteiger partial charge in [0.2, 0.25) is 11.8 Å². The molecule has 2 aromatic rings. The Kier molecular flexibility index (Phi) is 5.88. The van der Waals surface area contributed by atoms with E-state index in [9.17, 15) is 9.59 Å². The number of hydrogen-bond acceptors (Lipinski definition) is 5. The van der Waals surface area contributed by atoms with Crippen molar-refractivity contribution in [3.05, 3.63) is 35.3 Å². The van der Waals surface area contributed by atoms with Crippen molar-refractivity contribution in [3.63, 3.8) is 0 Å². The summed E-state index contributed by atoms with van der Waals surface area (Å²) >= 11 is 1.59. The number of benzene rings is 1. The van der Waals surface area contributed by atoms with Crippen molar-refractivity contribution in [2.75, 3.05) is 33.3 Å². The van der Waals surface area contributed by atoms with Crippen LogP contribution in [-0.4, -0.2) is 59.9 Å². The Morgan fingerprint density at radius 3 is 2.38 bits per heavy atom. The predicted molar refractivity (Wildman–Crippen MR) is 101 cm³/mol. The van der Waals surface area contributed by atoms with Crippen LogP contribution in [0.25, 0.3) is 10.6 Å². The van der Waals surface area contributed by atoms with Gasteiger partial charge in [0, 0.05) is 50.5 Å². The lowest BCUT2D eigenvalue weighted by atomic mass is 10.2. The van der Waals surface area contributed by atoms with Crippen molar-refractivity contribution in [2.24, 2.45) is 0 Å². The Balaban J connectivity index is 1.51. The molecule has 138 valence electrons. The Morgan fingerprint density at radius 2 is 1.77 bits per heavy atom. The van der Waals surface area contributed by atoms with Gasteiger partial charge in [-0.2, -0.15) is 0 Å². The van der Waals surface area contributed by atoms with Crippen molar-refractivity contribution in [1.82, 2.24) is 14.8 Å². The van der Waals surface area contributed by atoms with Gasteiger partial charge in [0.05, 0.1) is 12.8 Å². The molecule has 0 radical (unpaired) electrons. The monoisotopic (exact) mass is 373 g/mol. The minimum Gasteiger partial charge on any atom is -0.497 e. The maximum Gasteiger partial charge on any atom is 0.223 e. The number of amides is 2. The lowest BCUT2D eigenvalue weighted by molar-refractivity contribution is -0.138. The van der Waals surface area contributed by atoms with E-state index in [1.807, 2.05) is 34.5 Å². The van der Waals surface area contributed by atoms with Crippen molar-refractivity contribution < 1.29 is 14.3 Å². The van der Waals surface area contributed by atoms with E-state index in [-0.39, 0.29) is 11.8 Å². The van der Waals surface area contributed by atoms with Crippen LogP contribution in [0.1, 0.15) is 19.0 Å². The molecule has 0 unspecified atom stereocenters. The molecule has 3 rings (SSSR count). The number of aryl methyl sites for hydroxylation is 1. The summed E-state index contributed by atoms with van der Waals surface area (Å²) in [7, 11) is 1.65. The maximum absolute atomic E-state index is 12.4. The van der Waals surface area contributed by atoms with E-state index in [0.29, 0.717) is 39.0 Å². The van der Waals surface area contributed by atoms with Gasteiger partial charge in [0.15, 0.2) is 0 Å². The zero-order chi connectivity index (χ0) is 18.5. The van der Waals surface area contributed by atoms with Crippen LogP contribution in [0.15, 0.2) is 29.6 Å². The zero-order valence-electron chi connectivity index (χ0n) is 15.1. The third-order valence-corrected chi connectivity index (χ3v) is 5.50. The number of aromatic nitrogens is 1. The highest BCUT2D eigenvalue weighted by Gasteiger charge is 2.22. The largest absolute Gasteiger partial charge is 0.497 e. The second-order valence-electron chi connectivity index (χ2n) is 6.26. The summed E-state index contributed by atoms with van der Waals surface area (Å²) in [5, 5.41) is 2.96. The number of thiazole rings is 1.